The van der Waals surface area contributed by atoms with Crippen LogP contribution in [0.25, 0.3) is 0 Å². The van der Waals surface area contributed by atoms with E-state index in [-0.39, 0.29) is 23.7 Å². The van der Waals surface area contributed by atoms with Crippen LogP contribution >= 0.6 is 0 Å². The van der Waals surface area contributed by atoms with E-state index in [1.165, 1.54) is 0 Å². The molecule has 2 amide bonds. The molecule has 1 saturated carbocycles. The third-order valence-corrected chi connectivity index (χ3v) is 3.21. The van der Waals surface area contributed by atoms with Crippen LogP contribution in [0.15, 0.2) is 0 Å². The number of nitrogens with one attached hydrogen (secondary N) is 1. The van der Waals surface area contributed by atoms with Crippen molar-refractivity contribution in [1.29, 1.82) is 5.26 Å². The van der Waals surface area contributed by atoms with E-state index in [1.807, 2.05) is 0 Å². The molecule has 0 radical (unpaired) electrons. The zero-order chi connectivity index (χ0) is 11.5. The summed E-state index contributed by atoms with van der Waals surface area (Å²) in [6.45, 7) is 1.23. The third-order valence-electron chi connectivity index (χ3n) is 3.21. The van der Waals surface area contributed by atoms with Crippen molar-refractivity contribution in [3.63, 3.8) is 0 Å². The molecule has 0 aromatic carbocycles. The van der Waals surface area contributed by atoms with Crippen LogP contribution in [0.4, 0.5) is 0 Å². The average Bonchev–Trinajstić information content (AvgIpc) is 3.12. The molecule has 1 atom stereocenters. The zero-order valence-electron chi connectivity index (χ0n) is 9.11. The first kappa shape index (κ1) is 10.9. The van der Waals surface area contributed by atoms with Crippen molar-refractivity contribution >= 4 is 11.8 Å². The first-order chi connectivity index (χ1) is 7.72. The number of nitriles is 1. The molecular formula is C11H15N3O2. The standard InChI is InChI=1S/C11H15N3O2/c12-7-13-10(15)9-2-1-5-14(6-9)11(16)8-3-4-8/h8-9H,1-6H2,(H,13,15). The molecule has 1 N–H and O–H groups in total. The molecule has 5 nitrogen and oxygen atoms in total. The number of rotatable bonds is 2. The Morgan fingerprint density at radius 3 is 2.62 bits per heavy atom. The van der Waals surface area contributed by atoms with E-state index in [0.29, 0.717) is 6.54 Å². The van der Waals surface area contributed by atoms with E-state index in [1.54, 1.807) is 11.1 Å². The number of hydrogen-bond acceptors (Lipinski definition) is 3. The lowest BCUT2D eigenvalue weighted by molar-refractivity contribution is -0.136. The van der Waals surface area contributed by atoms with Crippen molar-refractivity contribution < 1.29 is 9.59 Å². The second-order valence-corrected chi connectivity index (χ2v) is 4.50. The number of carbonyl (C=O) groups is 2. The highest BCUT2D eigenvalue weighted by molar-refractivity contribution is 5.84. The molecule has 1 aliphatic heterocycles. The van der Waals surface area contributed by atoms with E-state index >= 15 is 0 Å². The van der Waals surface area contributed by atoms with Crippen LogP contribution in [0.5, 0.6) is 0 Å². The molecule has 1 unspecified atom stereocenters. The van der Waals surface area contributed by atoms with Crippen LogP contribution in [0.2, 0.25) is 0 Å². The molecule has 16 heavy (non-hydrogen) atoms. The molecule has 0 spiro atoms. The summed E-state index contributed by atoms with van der Waals surface area (Å²) in [6, 6.07) is 0. The molecule has 0 aromatic heterocycles. The van der Waals surface area contributed by atoms with Crippen LogP contribution in [0.1, 0.15) is 25.7 Å². The third kappa shape index (κ3) is 2.32. The quantitative estimate of drug-likeness (QED) is 0.536. The largest absolute Gasteiger partial charge is 0.342 e. The van der Waals surface area contributed by atoms with E-state index in [4.69, 9.17) is 5.26 Å². The highest BCUT2D eigenvalue weighted by atomic mass is 16.2. The first-order valence-corrected chi connectivity index (χ1v) is 5.70. The van der Waals surface area contributed by atoms with Gasteiger partial charge in [0.15, 0.2) is 6.19 Å². The normalized spacial score (nSPS) is 24.7. The topological polar surface area (TPSA) is 73.2 Å². The van der Waals surface area contributed by atoms with E-state index in [0.717, 1.165) is 32.2 Å². The average molecular weight is 221 g/mol. The van der Waals surface area contributed by atoms with Gasteiger partial charge in [0, 0.05) is 19.0 Å². The molecule has 1 heterocycles. The Bertz CT molecular complexity index is 344. The number of nitrogens with zero attached hydrogens (tertiary/aromatic N) is 2. The van der Waals surface area contributed by atoms with Crippen LogP contribution in [0.3, 0.4) is 0 Å². The van der Waals surface area contributed by atoms with E-state index < -0.39 is 0 Å². The first-order valence-electron chi connectivity index (χ1n) is 5.70. The van der Waals surface area contributed by atoms with Crippen molar-refractivity contribution in [2.45, 2.75) is 25.7 Å². The van der Waals surface area contributed by atoms with Gasteiger partial charge in [-0.05, 0) is 25.7 Å². The van der Waals surface area contributed by atoms with Gasteiger partial charge in [0.2, 0.25) is 11.8 Å². The van der Waals surface area contributed by atoms with Gasteiger partial charge in [-0.15, -0.1) is 0 Å². The lowest BCUT2D eigenvalue weighted by Gasteiger charge is -2.31. The summed E-state index contributed by atoms with van der Waals surface area (Å²) in [5, 5.41) is 10.5. The lowest BCUT2D eigenvalue weighted by Crippen LogP contribution is -2.45. The number of likely N-dealkylation sites (tertiary alicyclic amines) is 1. The summed E-state index contributed by atoms with van der Waals surface area (Å²) >= 11 is 0. The molecule has 2 aliphatic rings. The Labute approximate surface area is 94.4 Å². The summed E-state index contributed by atoms with van der Waals surface area (Å²) in [6.07, 6.45) is 5.24. The fourth-order valence-electron chi connectivity index (χ4n) is 2.14. The Morgan fingerprint density at radius 2 is 2.00 bits per heavy atom. The maximum Gasteiger partial charge on any atom is 0.237 e. The number of carbonyl (C=O) groups excluding carboxylic acids is 2. The molecule has 0 bridgehead atoms. The maximum absolute atomic E-state index is 11.8. The monoisotopic (exact) mass is 221 g/mol. The van der Waals surface area contributed by atoms with Gasteiger partial charge in [-0.2, -0.15) is 5.26 Å². The van der Waals surface area contributed by atoms with Gasteiger partial charge in [0.05, 0.1) is 5.92 Å². The van der Waals surface area contributed by atoms with Gasteiger partial charge < -0.3 is 4.90 Å². The molecule has 86 valence electrons. The molecule has 5 heteroatoms. The van der Waals surface area contributed by atoms with Gasteiger partial charge >= 0.3 is 0 Å². The summed E-state index contributed by atoms with van der Waals surface area (Å²) < 4.78 is 0. The van der Waals surface area contributed by atoms with Crippen LogP contribution in [-0.2, 0) is 9.59 Å². The minimum absolute atomic E-state index is 0.189. The van der Waals surface area contributed by atoms with E-state index in [2.05, 4.69) is 5.32 Å². The van der Waals surface area contributed by atoms with Gasteiger partial charge in [-0.25, -0.2) is 0 Å². The SMILES string of the molecule is N#CNC(=O)C1CCCN(C(=O)C2CC2)C1. The molecular weight excluding hydrogens is 206 g/mol. The van der Waals surface area contributed by atoms with Crippen LogP contribution in [0, 0.1) is 23.3 Å². The van der Waals surface area contributed by atoms with Crippen LogP contribution < -0.4 is 5.32 Å². The number of piperidine rings is 1. The minimum Gasteiger partial charge on any atom is -0.342 e. The second kappa shape index (κ2) is 4.52. The number of hydrogen-bond donors (Lipinski definition) is 1. The second-order valence-electron chi connectivity index (χ2n) is 4.50. The highest BCUT2D eigenvalue weighted by Crippen LogP contribution is 2.32. The number of amides is 2. The van der Waals surface area contributed by atoms with Gasteiger partial charge in [-0.3, -0.25) is 14.9 Å². The van der Waals surface area contributed by atoms with Gasteiger partial charge in [-0.1, -0.05) is 0 Å². The lowest BCUT2D eigenvalue weighted by atomic mass is 9.97. The Hall–Kier alpha value is -1.57. The summed E-state index contributed by atoms with van der Waals surface area (Å²) in [4.78, 5) is 25.1. The highest BCUT2D eigenvalue weighted by Gasteiger charge is 2.36. The van der Waals surface area contributed by atoms with E-state index in [9.17, 15) is 9.59 Å². The van der Waals surface area contributed by atoms with Crippen LogP contribution in [-0.4, -0.2) is 29.8 Å². The minimum atomic E-state index is -0.254. The Morgan fingerprint density at radius 1 is 1.25 bits per heavy atom. The van der Waals surface area contributed by atoms with Crippen molar-refractivity contribution in [2.75, 3.05) is 13.1 Å². The fraction of sp³-hybridized carbons (Fsp3) is 0.727. The zero-order valence-corrected chi connectivity index (χ0v) is 9.11. The predicted octanol–water partition coefficient (Wildman–Crippen LogP) is 0.232. The van der Waals surface area contributed by atoms with Crippen molar-refractivity contribution in [3.8, 4) is 6.19 Å². The molecule has 1 saturated heterocycles. The molecule has 1 aliphatic carbocycles. The summed E-state index contributed by atoms with van der Waals surface area (Å²) in [7, 11) is 0. The molecule has 0 aromatic rings. The summed E-state index contributed by atoms with van der Waals surface area (Å²) in [5.41, 5.74) is 0. The predicted molar refractivity (Wildman–Crippen MR) is 55.8 cm³/mol. The smallest absolute Gasteiger partial charge is 0.237 e. The molecule has 2 fully saturated rings. The van der Waals surface area contributed by atoms with Gasteiger partial charge in [0.1, 0.15) is 0 Å². The summed E-state index contributed by atoms with van der Waals surface area (Å²) in [5.74, 6) is -0.0702. The van der Waals surface area contributed by atoms with Gasteiger partial charge in [0.25, 0.3) is 0 Å². The fourth-order valence-corrected chi connectivity index (χ4v) is 2.14. The van der Waals surface area contributed by atoms with Crippen molar-refractivity contribution in [3.05, 3.63) is 0 Å². The Balaban J connectivity index is 1.90. The Kier molecular flexibility index (Phi) is 3.09. The van der Waals surface area contributed by atoms with Crippen molar-refractivity contribution in [1.82, 2.24) is 10.2 Å². The maximum atomic E-state index is 11.8. The molecule has 2 rings (SSSR count). The van der Waals surface area contributed by atoms with Crippen molar-refractivity contribution in [2.24, 2.45) is 11.8 Å².